The molecule has 0 unspecified atom stereocenters. The number of carbonyl (C=O) groups is 1. The number of carboxylic acids is 1. The van der Waals surface area contributed by atoms with Crippen LogP contribution in [0, 0.1) is 0 Å². The molecule has 1 N–H and O–H groups in total. The Morgan fingerprint density at radius 1 is 0.667 bits per heavy atom. The minimum absolute atomic E-state index is 0.322. The maximum Gasteiger partial charge on any atom is 0.336 e. The van der Waals surface area contributed by atoms with E-state index in [1.165, 1.54) is 0 Å². The Hall–Kier alpha value is -2.87. The van der Waals surface area contributed by atoms with Crippen molar-refractivity contribution in [3.63, 3.8) is 0 Å². The summed E-state index contributed by atoms with van der Waals surface area (Å²) >= 11 is 0. The van der Waals surface area contributed by atoms with Crippen molar-refractivity contribution >= 4 is 5.97 Å². The van der Waals surface area contributed by atoms with Gasteiger partial charge < -0.3 is 5.11 Å². The SMILES string of the molecule is O=C(O)c1cc(-c2ccccc2)ccc1-c1ccccc1. The minimum atomic E-state index is -0.911. The van der Waals surface area contributed by atoms with Crippen LogP contribution in [0.5, 0.6) is 0 Å². The fourth-order valence-corrected chi connectivity index (χ4v) is 2.40. The Labute approximate surface area is 123 Å². The fourth-order valence-electron chi connectivity index (χ4n) is 2.40. The molecule has 102 valence electrons. The molecule has 0 saturated carbocycles. The van der Waals surface area contributed by atoms with E-state index in [9.17, 15) is 9.90 Å². The lowest BCUT2D eigenvalue weighted by Gasteiger charge is -2.09. The van der Waals surface area contributed by atoms with Crippen molar-refractivity contribution in [2.45, 2.75) is 0 Å². The molecule has 0 saturated heterocycles. The van der Waals surface area contributed by atoms with E-state index in [1.54, 1.807) is 6.07 Å². The highest BCUT2D eigenvalue weighted by atomic mass is 16.4. The molecule has 0 atom stereocenters. The second kappa shape index (κ2) is 5.63. The van der Waals surface area contributed by atoms with Gasteiger partial charge in [-0.25, -0.2) is 4.79 Å². The smallest absolute Gasteiger partial charge is 0.336 e. The first kappa shape index (κ1) is 13.1. The highest BCUT2D eigenvalue weighted by Gasteiger charge is 2.13. The highest BCUT2D eigenvalue weighted by Crippen LogP contribution is 2.28. The normalized spacial score (nSPS) is 10.3. The number of hydrogen-bond donors (Lipinski definition) is 1. The molecule has 3 aromatic rings. The van der Waals surface area contributed by atoms with E-state index in [0.717, 1.165) is 22.3 Å². The van der Waals surface area contributed by atoms with Crippen LogP contribution in [0.1, 0.15) is 10.4 Å². The third-order valence-electron chi connectivity index (χ3n) is 3.44. The predicted octanol–water partition coefficient (Wildman–Crippen LogP) is 4.72. The molecule has 0 aromatic heterocycles. The van der Waals surface area contributed by atoms with Crippen LogP contribution in [0.3, 0.4) is 0 Å². The fraction of sp³-hybridized carbons (Fsp3) is 0. The van der Waals surface area contributed by atoms with Crippen LogP contribution in [-0.2, 0) is 0 Å². The zero-order valence-corrected chi connectivity index (χ0v) is 11.4. The van der Waals surface area contributed by atoms with Crippen molar-refractivity contribution in [3.8, 4) is 22.3 Å². The molecule has 3 rings (SSSR count). The quantitative estimate of drug-likeness (QED) is 0.750. The van der Waals surface area contributed by atoms with E-state index in [0.29, 0.717) is 5.56 Å². The van der Waals surface area contributed by atoms with Gasteiger partial charge in [0.25, 0.3) is 0 Å². The zero-order valence-electron chi connectivity index (χ0n) is 11.4. The van der Waals surface area contributed by atoms with E-state index in [1.807, 2.05) is 72.8 Å². The summed E-state index contributed by atoms with van der Waals surface area (Å²) in [6.45, 7) is 0. The van der Waals surface area contributed by atoms with Crippen LogP contribution in [0.4, 0.5) is 0 Å². The van der Waals surface area contributed by atoms with Crippen LogP contribution in [-0.4, -0.2) is 11.1 Å². The van der Waals surface area contributed by atoms with Crippen LogP contribution < -0.4 is 0 Å². The first-order valence-corrected chi connectivity index (χ1v) is 6.74. The lowest BCUT2D eigenvalue weighted by molar-refractivity contribution is 0.0698. The van der Waals surface area contributed by atoms with Crippen molar-refractivity contribution in [1.29, 1.82) is 0 Å². The Morgan fingerprint density at radius 3 is 1.81 bits per heavy atom. The van der Waals surface area contributed by atoms with Gasteiger partial charge in [0.2, 0.25) is 0 Å². The number of benzene rings is 3. The summed E-state index contributed by atoms with van der Waals surface area (Å²) in [5.41, 5.74) is 3.90. The lowest BCUT2D eigenvalue weighted by atomic mass is 9.95. The molecule has 0 aliphatic rings. The van der Waals surface area contributed by atoms with Crippen molar-refractivity contribution in [2.24, 2.45) is 0 Å². The molecular formula is C19H14O2. The lowest BCUT2D eigenvalue weighted by Crippen LogP contribution is -2.00. The summed E-state index contributed by atoms with van der Waals surface area (Å²) in [5.74, 6) is -0.911. The maximum atomic E-state index is 11.6. The second-order valence-electron chi connectivity index (χ2n) is 4.80. The second-order valence-corrected chi connectivity index (χ2v) is 4.80. The van der Waals surface area contributed by atoms with Gasteiger partial charge in [0.15, 0.2) is 0 Å². The minimum Gasteiger partial charge on any atom is -0.478 e. The average molecular weight is 274 g/mol. The van der Waals surface area contributed by atoms with Gasteiger partial charge >= 0.3 is 5.97 Å². The van der Waals surface area contributed by atoms with Crippen LogP contribution in [0.25, 0.3) is 22.3 Å². The highest BCUT2D eigenvalue weighted by molar-refractivity contribution is 5.97. The molecule has 2 heteroatoms. The summed E-state index contributed by atoms with van der Waals surface area (Å²) in [5, 5.41) is 9.50. The summed E-state index contributed by atoms with van der Waals surface area (Å²) in [6, 6.07) is 24.9. The standard InChI is InChI=1S/C19H14O2/c20-19(21)18-13-16(14-7-3-1-4-8-14)11-12-17(18)15-9-5-2-6-10-15/h1-13H,(H,20,21). The topological polar surface area (TPSA) is 37.3 Å². The van der Waals surface area contributed by atoms with Crippen molar-refractivity contribution in [2.75, 3.05) is 0 Å². The molecule has 0 bridgehead atoms. The summed E-state index contributed by atoms with van der Waals surface area (Å²) in [4.78, 5) is 11.6. The Morgan fingerprint density at radius 2 is 1.24 bits per heavy atom. The van der Waals surface area contributed by atoms with Gasteiger partial charge in [0.05, 0.1) is 5.56 Å². The zero-order chi connectivity index (χ0) is 14.7. The van der Waals surface area contributed by atoms with E-state index in [2.05, 4.69) is 0 Å². The molecule has 0 aliphatic carbocycles. The van der Waals surface area contributed by atoms with E-state index >= 15 is 0 Å². The van der Waals surface area contributed by atoms with Gasteiger partial charge in [-0.2, -0.15) is 0 Å². The van der Waals surface area contributed by atoms with Gasteiger partial charge in [0, 0.05) is 0 Å². The Bertz CT molecular complexity index is 762. The number of rotatable bonds is 3. The van der Waals surface area contributed by atoms with Crippen LogP contribution in [0.15, 0.2) is 78.9 Å². The van der Waals surface area contributed by atoms with E-state index in [4.69, 9.17) is 0 Å². The maximum absolute atomic E-state index is 11.6. The molecule has 0 heterocycles. The molecule has 3 aromatic carbocycles. The number of aromatic carboxylic acids is 1. The van der Waals surface area contributed by atoms with E-state index < -0.39 is 5.97 Å². The van der Waals surface area contributed by atoms with Gasteiger partial charge in [0.1, 0.15) is 0 Å². The monoisotopic (exact) mass is 274 g/mol. The average Bonchev–Trinajstić information content (AvgIpc) is 2.56. The van der Waals surface area contributed by atoms with Crippen molar-refractivity contribution in [1.82, 2.24) is 0 Å². The van der Waals surface area contributed by atoms with Gasteiger partial charge in [-0.1, -0.05) is 72.8 Å². The van der Waals surface area contributed by atoms with Crippen molar-refractivity contribution < 1.29 is 9.90 Å². The first-order valence-electron chi connectivity index (χ1n) is 6.74. The van der Waals surface area contributed by atoms with Gasteiger partial charge in [-0.15, -0.1) is 0 Å². The van der Waals surface area contributed by atoms with Crippen molar-refractivity contribution in [3.05, 3.63) is 84.4 Å². The predicted molar refractivity (Wildman–Crippen MR) is 84.3 cm³/mol. The third-order valence-corrected chi connectivity index (χ3v) is 3.44. The van der Waals surface area contributed by atoms with Crippen LogP contribution in [0.2, 0.25) is 0 Å². The number of carboxylic acid groups (broad SMARTS) is 1. The molecular weight excluding hydrogens is 260 g/mol. The Kier molecular flexibility index (Phi) is 3.52. The largest absolute Gasteiger partial charge is 0.478 e. The molecule has 0 amide bonds. The molecule has 2 nitrogen and oxygen atoms in total. The summed E-state index contributed by atoms with van der Waals surface area (Å²) in [7, 11) is 0. The molecule has 0 fully saturated rings. The summed E-state index contributed by atoms with van der Waals surface area (Å²) < 4.78 is 0. The Balaban J connectivity index is 2.14. The summed E-state index contributed by atoms with van der Waals surface area (Å²) in [6.07, 6.45) is 0. The van der Waals surface area contributed by atoms with Crippen LogP contribution >= 0.6 is 0 Å². The molecule has 0 radical (unpaired) electrons. The molecule has 0 aliphatic heterocycles. The van der Waals surface area contributed by atoms with Gasteiger partial charge in [-0.05, 0) is 28.3 Å². The van der Waals surface area contributed by atoms with Gasteiger partial charge in [-0.3, -0.25) is 0 Å². The third kappa shape index (κ3) is 2.70. The molecule has 0 spiro atoms. The first-order chi connectivity index (χ1) is 10.3. The van der Waals surface area contributed by atoms with E-state index in [-0.39, 0.29) is 0 Å². The number of hydrogen-bond acceptors (Lipinski definition) is 1. The molecule has 21 heavy (non-hydrogen) atoms.